The molecule has 0 radical (unpaired) electrons. The highest BCUT2D eigenvalue weighted by atomic mass is 35.5. The molecule has 166 valence electrons. The van der Waals surface area contributed by atoms with Gasteiger partial charge in [-0.15, -0.1) is 12.4 Å². The van der Waals surface area contributed by atoms with Crippen LogP contribution in [0.1, 0.15) is 19.3 Å². The molecule has 6 nitrogen and oxygen atoms in total. The summed E-state index contributed by atoms with van der Waals surface area (Å²) in [6.07, 6.45) is 2.88. The van der Waals surface area contributed by atoms with E-state index in [1.54, 1.807) is 12.1 Å². The molecule has 2 heterocycles. The number of rotatable bonds is 7. The van der Waals surface area contributed by atoms with Crippen molar-refractivity contribution in [3.63, 3.8) is 0 Å². The van der Waals surface area contributed by atoms with Crippen LogP contribution in [0, 0.1) is 0 Å². The summed E-state index contributed by atoms with van der Waals surface area (Å²) in [5, 5.41) is 1.34. The molecule has 31 heavy (non-hydrogen) atoms. The predicted octanol–water partition coefficient (Wildman–Crippen LogP) is 3.76. The van der Waals surface area contributed by atoms with Crippen LogP contribution < -0.4 is 16.1 Å². The molecule has 0 atom stereocenters. The monoisotopic (exact) mass is 462 g/mol. The van der Waals surface area contributed by atoms with Gasteiger partial charge in [0.25, 0.3) is 5.56 Å². The van der Waals surface area contributed by atoms with Gasteiger partial charge in [-0.05, 0) is 49.7 Å². The molecule has 1 aliphatic rings. The van der Waals surface area contributed by atoms with E-state index in [1.165, 1.54) is 10.3 Å². The van der Waals surface area contributed by atoms with E-state index in [2.05, 4.69) is 20.9 Å². The summed E-state index contributed by atoms with van der Waals surface area (Å²) in [4.78, 5) is 32.4. The van der Waals surface area contributed by atoms with Crippen LogP contribution in [0.3, 0.4) is 0 Å². The Hall–Kier alpha value is -2.28. The molecule has 3 aromatic rings. The van der Waals surface area contributed by atoms with Crippen molar-refractivity contribution in [2.24, 2.45) is 0 Å². The first-order valence-electron chi connectivity index (χ1n) is 10.6. The quantitative estimate of drug-likeness (QED) is 0.543. The number of hydrogen-bond acceptors (Lipinski definition) is 4. The second-order valence-electron chi connectivity index (χ2n) is 7.80. The summed E-state index contributed by atoms with van der Waals surface area (Å²) in [7, 11) is 0. The number of aromatic amines is 1. The van der Waals surface area contributed by atoms with Gasteiger partial charge in [-0.2, -0.15) is 0 Å². The van der Waals surface area contributed by atoms with Crippen LogP contribution >= 0.6 is 24.0 Å². The van der Waals surface area contributed by atoms with Gasteiger partial charge in [0.2, 0.25) is 0 Å². The molecular formula is C23H28Cl2N4O2. The molecular weight excluding hydrogens is 435 g/mol. The molecule has 1 aliphatic heterocycles. The molecule has 8 heteroatoms. The number of benzene rings is 2. The van der Waals surface area contributed by atoms with E-state index in [0.717, 1.165) is 57.0 Å². The number of halogens is 2. The van der Waals surface area contributed by atoms with Crippen molar-refractivity contribution in [3.8, 4) is 0 Å². The minimum absolute atomic E-state index is 0. The predicted molar refractivity (Wildman–Crippen MR) is 130 cm³/mol. The van der Waals surface area contributed by atoms with Crippen molar-refractivity contribution >= 4 is 40.6 Å². The third-order valence-electron chi connectivity index (χ3n) is 5.79. The Morgan fingerprint density at radius 3 is 2.39 bits per heavy atom. The van der Waals surface area contributed by atoms with Gasteiger partial charge in [0.1, 0.15) is 0 Å². The van der Waals surface area contributed by atoms with Crippen LogP contribution in [-0.2, 0) is 6.54 Å². The molecule has 1 aromatic heterocycles. The van der Waals surface area contributed by atoms with E-state index < -0.39 is 0 Å². The summed E-state index contributed by atoms with van der Waals surface area (Å²) >= 11 is 6.10. The standard InChI is InChI=1S/C23H27ClN4O2.ClH/c24-18-7-6-8-19(17-18)27-15-13-26(14-16-27)11-4-1-5-12-28-22(29)20-9-2-3-10-21(20)25-23(28)30;/h2-3,6-10,17H,1,4-5,11-16H2,(H,25,30);1H. The molecule has 0 saturated carbocycles. The van der Waals surface area contributed by atoms with Crippen molar-refractivity contribution in [2.45, 2.75) is 25.8 Å². The smallest absolute Gasteiger partial charge is 0.328 e. The Kier molecular flexibility index (Phi) is 8.18. The molecule has 0 unspecified atom stereocenters. The number of nitrogens with one attached hydrogen (secondary N) is 1. The molecule has 1 N–H and O–H groups in total. The first-order valence-corrected chi connectivity index (χ1v) is 10.9. The maximum absolute atomic E-state index is 12.6. The van der Waals surface area contributed by atoms with Gasteiger partial charge in [-0.3, -0.25) is 14.3 Å². The van der Waals surface area contributed by atoms with Crippen LogP contribution in [0.5, 0.6) is 0 Å². The van der Waals surface area contributed by atoms with Crippen LogP contribution in [0.25, 0.3) is 10.9 Å². The zero-order valence-corrected chi connectivity index (χ0v) is 19.0. The lowest BCUT2D eigenvalue weighted by atomic mass is 10.2. The fourth-order valence-electron chi connectivity index (χ4n) is 4.09. The van der Waals surface area contributed by atoms with Gasteiger partial charge in [-0.1, -0.05) is 36.2 Å². The molecule has 1 saturated heterocycles. The summed E-state index contributed by atoms with van der Waals surface area (Å²) < 4.78 is 1.33. The number of anilines is 1. The number of nitrogens with zero attached hydrogens (tertiary/aromatic N) is 3. The van der Waals surface area contributed by atoms with Crippen LogP contribution in [-0.4, -0.2) is 47.2 Å². The Balaban J connectivity index is 0.00000272. The third-order valence-corrected chi connectivity index (χ3v) is 6.03. The number of para-hydroxylation sites is 1. The van der Waals surface area contributed by atoms with Gasteiger partial charge in [0.05, 0.1) is 10.9 Å². The Morgan fingerprint density at radius 2 is 1.61 bits per heavy atom. The first-order chi connectivity index (χ1) is 14.6. The second-order valence-corrected chi connectivity index (χ2v) is 8.24. The van der Waals surface area contributed by atoms with Crippen LogP contribution in [0.4, 0.5) is 5.69 Å². The van der Waals surface area contributed by atoms with Crippen molar-refractivity contribution in [3.05, 3.63) is 74.4 Å². The van der Waals surface area contributed by atoms with Crippen molar-refractivity contribution in [1.29, 1.82) is 0 Å². The molecule has 0 aliphatic carbocycles. The van der Waals surface area contributed by atoms with Crippen molar-refractivity contribution in [1.82, 2.24) is 14.5 Å². The molecule has 2 aromatic carbocycles. The summed E-state index contributed by atoms with van der Waals surface area (Å²) in [6, 6.07) is 15.2. The van der Waals surface area contributed by atoms with E-state index in [0.29, 0.717) is 17.4 Å². The zero-order chi connectivity index (χ0) is 20.9. The number of H-pyrrole nitrogens is 1. The van der Waals surface area contributed by atoms with Gasteiger partial charge in [-0.25, -0.2) is 4.79 Å². The maximum atomic E-state index is 12.6. The lowest BCUT2D eigenvalue weighted by Crippen LogP contribution is -2.46. The number of aromatic nitrogens is 2. The first kappa shape index (κ1) is 23.4. The van der Waals surface area contributed by atoms with Gasteiger partial charge < -0.3 is 9.88 Å². The SMILES string of the molecule is Cl.O=c1[nH]c2ccccc2c(=O)n1CCCCCN1CCN(c2cccc(Cl)c2)CC1. The molecule has 4 rings (SSSR count). The zero-order valence-electron chi connectivity index (χ0n) is 17.4. The normalized spacial score (nSPS) is 14.5. The Bertz CT molecular complexity index is 1120. The second kappa shape index (κ2) is 10.8. The largest absolute Gasteiger partial charge is 0.369 e. The highest BCUT2D eigenvalue weighted by Crippen LogP contribution is 2.20. The maximum Gasteiger partial charge on any atom is 0.328 e. The average Bonchev–Trinajstić information content (AvgIpc) is 2.76. The fraction of sp³-hybridized carbons (Fsp3) is 0.391. The average molecular weight is 463 g/mol. The van der Waals surface area contributed by atoms with E-state index >= 15 is 0 Å². The number of hydrogen-bond donors (Lipinski definition) is 1. The third kappa shape index (κ3) is 5.70. The summed E-state index contributed by atoms with van der Waals surface area (Å²) in [5.74, 6) is 0. The number of fused-ring (bicyclic) bond motifs is 1. The van der Waals surface area contributed by atoms with E-state index in [-0.39, 0.29) is 23.7 Å². The molecule has 0 spiro atoms. The number of piperazine rings is 1. The highest BCUT2D eigenvalue weighted by molar-refractivity contribution is 6.30. The summed E-state index contributed by atoms with van der Waals surface area (Å²) in [6.45, 7) is 5.59. The molecule has 0 amide bonds. The molecule has 1 fully saturated rings. The molecule has 0 bridgehead atoms. The lowest BCUT2D eigenvalue weighted by Gasteiger charge is -2.36. The van der Waals surface area contributed by atoms with Gasteiger partial charge in [0, 0.05) is 43.4 Å². The minimum Gasteiger partial charge on any atom is -0.369 e. The van der Waals surface area contributed by atoms with Crippen molar-refractivity contribution in [2.75, 3.05) is 37.6 Å². The minimum atomic E-state index is -0.323. The lowest BCUT2D eigenvalue weighted by molar-refractivity contribution is 0.251. The van der Waals surface area contributed by atoms with Crippen molar-refractivity contribution < 1.29 is 0 Å². The summed E-state index contributed by atoms with van der Waals surface area (Å²) in [5.41, 5.74) is 1.26. The number of unbranched alkanes of at least 4 members (excludes halogenated alkanes) is 2. The van der Waals surface area contributed by atoms with Gasteiger partial charge in [0.15, 0.2) is 0 Å². The Morgan fingerprint density at radius 1 is 0.871 bits per heavy atom. The van der Waals surface area contributed by atoms with Crippen LogP contribution in [0.2, 0.25) is 5.02 Å². The topological polar surface area (TPSA) is 61.3 Å². The van der Waals surface area contributed by atoms with E-state index in [9.17, 15) is 9.59 Å². The Labute approximate surface area is 192 Å². The fourth-order valence-corrected chi connectivity index (χ4v) is 4.27. The van der Waals surface area contributed by atoms with Gasteiger partial charge >= 0.3 is 5.69 Å². The van der Waals surface area contributed by atoms with Crippen LogP contribution in [0.15, 0.2) is 58.1 Å². The van der Waals surface area contributed by atoms with E-state index in [4.69, 9.17) is 11.6 Å². The van der Waals surface area contributed by atoms with E-state index in [1.807, 2.05) is 30.3 Å². The highest BCUT2D eigenvalue weighted by Gasteiger charge is 2.17.